The number of benzene rings is 1. The molecule has 0 unspecified atom stereocenters. The highest BCUT2D eigenvalue weighted by Crippen LogP contribution is 2.27. The number of methoxy groups -OCH3 is 1. The summed E-state index contributed by atoms with van der Waals surface area (Å²) in [5.41, 5.74) is 6.52. The van der Waals surface area contributed by atoms with Crippen molar-refractivity contribution in [1.29, 1.82) is 0 Å². The van der Waals surface area contributed by atoms with E-state index in [-0.39, 0.29) is 37.2 Å². The van der Waals surface area contributed by atoms with Gasteiger partial charge in [0.1, 0.15) is 18.2 Å². The molecule has 1 amide bonds. The SMILES string of the molecule is COc1ccc(CNc2nc(N3CCC[C@H]3COC(=O)OCCCCCCO[N+](=O)[O-])ncc2C(N)=O)cc1Cl. The van der Waals surface area contributed by atoms with Crippen molar-refractivity contribution in [2.45, 2.75) is 51.1 Å². The first-order valence-electron chi connectivity index (χ1n) is 12.8. The fraction of sp³-hybridized carbons (Fsp3) is 0.520. The van der Waals surface area contributed by atoms with Crippen LogP contribution < -0.4 is 20.7 Å². The Hall–Kier alpha value is -4.07. The zero-order valence-electron chi connectivity index (χ0n) is 22.2. The number of nitrogens with one attached hydrogen (secondary N) is 1. The van der Waals surface area contributed by atoms with Gasteiger partial charge in [0.15, 0.2) is 0 Å². The van der Waals surface area contributed by atoms with Crippen LogP contribution in [0.15, 0.2) is 24.4 Å². The lowest BCUT2D eigenvalue weighted by Gasteiger charge is -2.25. The van der Waals surface area contributed by atoms with E-state index in [1.807, 2.05) is 11.0 Å². The molecule has 2 aromatic rings. The minimum atomic E-state index is -0.816. The first-order chi connectivity index (χ1) is 19.3. The Balaban J connectivity index is 1.51. The number of aromatic nitrogens is 2. The number of nitrogens with zero attached hydrogens (tertiary/aromatic N) is 4. The van der Waals surface area contributed by atoms with Crippen LogP contribution in [0.5, 0.6) is 5.75 Å². The summed E-state index contributed by atoms with van der Waals surface area (Å²) >= 11 is 6.21. The lowest BCUT2D eigenvalue weighted by molar-refractivity contribution is -0.757. The number of amides is 1. The Morgan fingerprint density at radius 2 is 2.00 bits per heavy atom. The van der Waals surface area contributed by atoms with Crippen LogP contribution >= 0.6 is 11.6 Å². The second kappa shape index (κ2) is 15.5. The number of carbonyl (C=O) groups is 2. The van der Waals surface area contributed by atoms with Crippen molar-refractivity contribution < 1.29 is 33.7 Å². The van der Waals surface area contributed by atoms with Crippen molar-refractivity contribution in [3.05, 3.63) is 50.7 Å². The summed E-state index contributed by atoms with van der Waals surface area (Å²) in [4.78, 5) is 49.2. The molecule has 40 heavy (non-hydrogen) atoms. The molecule has 15 heteroatoms. The second-order valence-corrected chi connectivity index (χ2v) is 9.40. The van der Waals surface area contributed by atoms with Gasteiger partial charge in [-0.15, -0.1) is 10.1 Å². The summed E-state index contributed by atoms with van der Waals surface area (Å²) in [6.45, 7) is 1.30. The third-order valence-corrected chi connectivity index (χ3v) is 6.50. The molecule has 2 heterocycles. The number of nitrogens with two attached hydrogens (primary N) is 1. The van der Waals surface area contributed by atoms with E-state index in [0.717, 1.165) is 31.2 Å². The molecule has 0 aliphatic carbocycles. The number of hydrogen-bond acceptors (Lipinski definition) is 12. The van der Waals surface area contributed by atoms with Crippen molar-refractivity contribution in [2.75, 3.05) is 43.7 Å². The van der Waals surface area contributed by atoms with Crippen LogP contribution in [-0.2, 0) is 20.9 Å². The quantitative estimate of drug-likeness (QED) is 0.127. The molecule has 3 rings (SSSR count). The number of carbonyl (C=O) groups excluding carboxylic acids is 2. The largest absolute Gasteiger partial charge is 0.508 e. The molecule has 1 atom stereocenters. The van der Waals surface area contributed by atoms with E-state index >= 15 is 0 Å². The standard InChI is InChI=1S/C25H33ClN6O8/c1-37-21-9-8-17(13-20(21)26)14-28-23-19(22(27)33)15-29-24(30-23)31-10-6-7-18(31)16-39-25(34)38-11-4-2-3-5-12-40-32(35)36/h8-9,13,15,18H,2-7,10-12,14,16H2,1H3,(H2,27,33)(H,28,29,30)/t18-/m0/s1. The van der Waals surface area contributed by atoms with Gasteiger partial charge >= 0.3 is 6.16 Å². The van der Waals surface area contributed by atoms with E-state index in [0.29, 0.717) is 42.7 Å². The van der Waals surface area contributed by atoms with Gasteiger partial charge in [-0.1, -0.05) is 24.1 Å². The average Bonchev–Trinajstić information content (AvgIpc) is 3.40. The van der Waals surface area contributed by atoms with E-state index in [2.05, 4.69) is 20.1 Å². The van der Waals surface area contributed by atoms with Gasteiger partial charge in [0, 0.05) is 19.3 Å². The maximum Gasteiger partial charge on any atom is 0.508 e. The smallest absolute Gasteiger partial charge is 0.495 e. The van der Waals surface area contributed by atoms with Gasteiger partial charge in [0.25, 0.3) is 11.0 Å². The number of halogens is 1. The highest BCUT2D eigenvalue weighted by Gasteiger charge is 2.29. The second-order valence-electron chi connectivity index (χ2n) is 8.99. The van der Waals surface area contributed by atoms with Gasteiger partial charge < -0.3 is 35.0 Å². The van der Waals surface area contributed by atoms with Crippen LogP contribution in [0.25, 0.3) is 0 Å². The highest BCUT2D eigenvalue weighted by molar-refractivity contribution is 6.32. The Labute approximate surface area is 236 Å². The summed E-state index contributed by atoms with van der Waals surface area (Å²) in [5, 5.41) is 12.9. The molecule has 218 valence electrons. The van der Waals surface area contributed by atoms with Crippen LogP contribution in [0.3, 0.4) is 0 Å². The molecule has 3 N–H and O–H groups in total. The zero-order chi connectivity index (χ0) is 28.9. The Morgan fingerprint density at radius 3 is 2.70 bits per heavy atom. The zero-order valence-corrected chi connectivity index (χ0v) is 22.9. The highest BCUT2D eigenvalue weighted by atomic mass is 35.5. The third-order valence-electron chi connectivity index (χ3n) is 6.20. The first kappa shape index (κ1) is 30.5. The summed E-state index contributed by atoms with van der Waals surface area (Å²) in [6.07, 6.45) is 4.84. The Morgan fingerprint density at radius 1 is 1.23 bits per heavy atom. The minimum Gasteiger partial charge on any atom is -0.495 e. The molecule has 1 aliphatic rings. The van der Waals surface area contributed by atoms with E-state index in [1.54, 1.807) is 12.1 Å². The fourth-order valence-electron chi connectivity index (χ4n) is 4.16. The number of ether oxygens (including phenoxy) is 3. The summed E-state index contributed by atoms with van der Waals surface area (Å²) in [7, 11) is 1.53. The molecule has 1 fully saturated rings. The molecule has 1 aromatic heterocycles. The molecule has 0 spiro atoms. The molecule has 0 saturated carbocycles. The molecule has 0 radical (unpaired) electrons. The molecule has 1 aromatic carbocycles. The summed E-state index contributed by atoms with van der Waals surface area (Å²) in [5.74, 6) is 0.536. The van der Waals surface area contributed by atoms with Crippen molar-refractivity contribution in [2.24, 2.45) is 5.73 Å². The van der Waals surface area contributed by atoms with Gasteiger partial charge in [0.2, 0.25) is 5.95 Å². The van der Waals surface area contributed by atoms with Gasteiger partial charge in [0.05, 0.1) is 37.0 Å². The van der Waals surface area contributed by atoms with Gasteiger partial charge in [-0.05, 0) is 49.8 Å². The van der Waals surface area contributed by atoms with Gasteiger partial charge in [-0.25, -0.2) is 9.78 Å². The fourth-order valence-corrected chi connectivity index (χ4v) is 4.44. The minimum absolute atomic E-state index is 0.0534. The van der Waals surface area contributed by atoms with Crippen LogP contribution in [0, 0.1) is 10.1 Å². The van der Waals surface area contributed by atoms with Crippen LogP contribution in [0.2, 0.25) is 5.02 Å². The lowest BCUT2D eigenvalue weighted by Crippen LogP contribution is -2.35. The number of primary amides is 1. The van der Waals surface area contributed by atoms with Crippen LogP contribution in [0.4, 0.5) is 16.6 Å². The maximum absolute atomic E-state index is 12.0. The van der Waals surface area contributed by atoms with Crippen molar-refractivity contribution in [3.63, 3.8) is 0 Å². The number of hydrogen-bond donors (Lipinski definition) is 2. The van der Waals surface area contributed by atoms with Gasteiger partial charge in [-0.3, -0.25) is 4.79 Å². The normalized spacial score (nSPS) is 14.4. The first-order valence-corrected chi connectivity index (χ1v) is 13.2. The van der Waals surface area contributed by atoms with E-state index < -0.39 is 17.1 Å². The summed E-state index contributed by atoms with van der Waals surface area (Å²) < 4.78 is 15.6. The van der Waals surface area contributed by atoms with Crippen LogP contribution in [0.1, 0.15) is 54.4 Å². The molecule has 14 nitrogen and oxygen atoms in total. The monoisotopic (exact) mass is 580 g/mol. The van der Waals surface area contributed by atoms with E-state index in [1.165, 1.54) is 13.3 Å². The topological polar surface area (TPSA) is 181 Å². The van der Waals surface area contributed by atoms with E-state index in [4.69, 9.17) is 31.5 Å². The van der Waals surface area contributed by atoms with E-state index in [9.17, 15) is 19.7 Å². The van der Waals surface area contributed by atoms with Gasteiger partial charge in [-0.2, -0.15) is 4.98 Å². The predicted molar refractivity (Wildman–Crippen MR) is 145 cm³/mol. The lowest BCUT2D eigenvalue weighted by atomic mass is 10.2. The Kier molecular flexibility index (Phi) is 11.8. The molecular formula is C25H33ClN6O8. The number of unbranched alkanes of at least 4 members (excludes halogenated alkanes) is 3. The molecule has 1 aliphatic heterocycles. The van der Waals surface area contributed by atoms with Crippen molar-refractivity contribution in [1.82, 2.24) is 9.97 Å². The molecule has 1 saturated heterocycles. The maximum atomic E-state index is 12.0. The predicted octanol–water partition coefficient (Wildman–Crippen LogP) is 3.74. The Bertz CT molecular complexity index is 1170. The number of rotatable bonds is 16. The molecule has 0 bridgehead atoms. The third kappa shape index (κ3) is 9.29. The summed E-state index contributed by atoms with van der Waals surface area (Å²) in [6, 6.07) is 5.17. The molecular weight excluding hydrogens is 548 g/mol. The van der Waals surface area contributed by atoms with Crippen molar-refractivity contribution >= 4 is 35.4 Å². The number of anilines is 2. The average molecular weight is 581 g/mol. The van der Waals surface area contributed by atoms with Crippen LogP contribution in [-0.4, -0.2) is 66.6 Å². The van der Waals surface area contributed by atoms with Crippen molar-refractivity contribution in [3.8, 4) is 5.75 Å².